The van der Waals surface area contributed by atoms with Crippen molar-refractivity contribution in [1.29, 1.82) is 0 Å². The SMILES string of the molecule is CC/C=C\C/C=C\C/C=C\C/C=C\CCCCC(=O)O[C@H](COCCCCCCCCCCCCCCCCCC)COC(=O)CCC/C=C\C/C=C\C/C=C\C/C=C\CCCCC. The number of ether oxygens (including phenoxy) is 3. The zero-order valence-electron chi connectivity index (χ0n) is 42.0. The Morgan fingerprint density at radius 1 is 0.359 bits per heavy atom. The van der Waals surface area contributed by atoms with Crippen LogP contribution in [0.4, 0.5) is 0 Å². The molecule has 0 N–H and O–H groups in total. The first-order chi connectivity index (χ1) is 31.6. The predicted molar refractivity (Wildman–Crippen MR) is 279 cm³/mol. The van der Waals surface area contributed by atoms with E-state index in [1.54, 1.807) is 0 Å². The van der Waals surface area contributed by atoms with Gasteiger partial charge in [-0.15, -0.1) is 0 Å². The van der Waals surface area contributed by atoms with Crippen molar-refractivity contribution in [3.05, 3.63) is 97.2 Å². The van der Waals surface area contributed by atoms with E-state index in [1.807, 2.05) is 0 Å². The van der Waals surface area contributed by atoms with E-state index in [2.05, 4.69) is 118 Å². The van der Waals surface area contributed by atoms with Crippen molar-refractivity contribution in [1.82, 2.24) is 0 Å². The summed E-state index contributed by atoms with van der Waals surface area (Å²) in [4.78, 5) is 25.4. The monoisotopic (exact) mass is 889 g/mol. The van der Waals surface area contributed by atoms with Crippen LogP contribution in [0.2, 0.25) is 0 Å². The van der Waals surface area contributed by atoms with Crippen molar-refractivity contribution in [2.24, 2.45) is 0 Å². The molecule has 0 radical (unpaired) electrons. The highest BCUT2D eigenvalue weighted by Crippen LogP contribution is 2.14. The zero-order chi connectivity index (χ0) is 46.3. The highest BCUT2D eigenvalue weighted by molar-refractivity contribution is 5.70. The molecule has 0 heterocycles. The van der Waals surface area contributed by atoms with Crippen LogP contribution < -0.4 is 0 Å². The molecular weight excluding hydrogens is 789 g/mol. The highest BCUT2D eigenvalue weighted by Gasteiger charge is 2.17. The summed E-state index contributed by atoms with van der Waals surface area (Å²) in [5, 5.41) is 0. The smallest absolute Gasteiger partial charge is 0.306 e. The number of allylic oxidation sites excluding steroid dienone is 16. The molecule has 0 aliphatic heterocycles. The molecule has 0 rings (SSSR count). The Labute approximate surface area is 396 Å². The normalized spacial score (nSPS) is 13.0. The highest BCUT2D eigenvalue weighted by atomic mass is 16.6. The first-order valence-electron chi connectivity index (χ1n) is 26.8. The molecule has 0 saturated heterocycles. The lowest BCUT2D eigenvalue weighted by molar-refractivity contribution is -0.162. The maximum absolute atomic E-state index is 12.8. The number of esters is 2. The van der Waals surface area contributed by atoms with Gasteiger partial charge in [-0.3, -0.25) is 9.59 Å². The summed E-state index contributed by atoms with van der Waals surface area (Å²) < 4.78 is 17.3. The molecule has 0 bridgehead atoms. The van der Waals surface area contributed by atoms with Crippen LogP contribution in [0.1, 0.15) is 239 Å². The topological polar surface area (TPSA) is 61.8 Å². The molecule has 0 aliphatic carbocycles. The van der Waals surface area contributed by atoms with Gasteiger partial charge in [0, 0.05) is 19.4 Å². The third-order valence-electron chi connectivity index (χ3n) is 11.1. The third kappa shape index (κ3) is 51.5. The lowest BCUT2D eigenvalue weighted by atomic mass is 10.0. The summed E-state index contributed by atoms with van der Waals surface area (Å²) in [6.07, 6.45) is 72.8. The lowest BCUT2D eigenvalue weighted by Gasteiger charge is -2.18. The van der Waals surface area contributed by atoms with Crippen LogP contribution in [0.5, 0.6) is 0 Å². The molecule has 0 aliphatic rings. The van der Waals surface area contributed by atoms with E-state index >= 15 is 0 Å². The predicted octanol–water partition coefficient (Wildman–Crippen LogP) is 18.2. The molecule has 0 aromatic carbocycles. The van der Waals surface area contributed by atoms with Crippen molar-refractivity contribution in [2.75, 3.05) is 19.8 Å². The van der Waals surface area contributed by atoms with E-state index < -0.39 is 6.10 Å². The van der Waals surface area contributed by atoms with Gasteiger partial charge in [-0.2, -0.15) is 0 Å². The second-order valence-corrected chi connectivity index (χ2v) is 17.4. The second kappa shape index (κ2) is 54.2. The Balaban J connectivity index is 4.42. The Bertz CT molecular complexity index is 1230. The molecule has 366 valence electrons. The van der Waals surface area contributed by atoms with Gasteiger partial charge in [-0.25, -0.2) is 0 Å². The van der Waals surface area contributed by atoms with Gasteiger partial charge < -0.3 is 14.2 Å². The summed E-state index contributed by atoms with van der Waals surface area (Å²) in [6, 6.07) is 0. The van der Waals surface area contributed by atoms with Crippen molar-refractivity contribution in [3.8, 4) is 0 Å². The Kier molecular flexibility index (Phi) is 51.5. The van der Waals surface area contributed by atoms with Gasteiger partial charge in [0.05, 0.1) is 6.61 Å². The van der Waals surface area contributed by atoms with E-state index in [9.17, 15) is 9.59 Å². The Morgan fingerprint density at radius 3 is 1.17 bits per heavy atom. The molecule has 0 spiro atoms. The maximum atomic E-state index is 12.8. The van der Waals surface area contributed by atoms with E-state index in [0.717, 1.165) is 89.9 Å². The average molecular weight is 889 g/mol. The fourth-order valence-electron chi connectivity index (χ4n) is 7.14. The molecule has 0 fully saturated rings. The lowest BCUT2D eigenvalue weighted by Crippen LogP contribution is -2.30. The summed E-state index contributed by atoms with van der Waals surface area (Å²) in [6.45, 7) is 7.60. The van der Waals surface area contributed by atoms with Crippen LogP contribution >= 0.6 is 0 Å². The molecule has 5 heteroatoms. The molecule has 0 aromatic heterocycles. The van der Waals surface area contributed by atoms with Crippen LogP contribution in [-0.4, -0.2) is 37.9 Å². The molecule has 0 unspecified atom stereocenters. The van der Waals surface area contributed by atoms with Crippen molar-refractivity contribution < 1.29 is 23.8 Å². The van der Waals surface area contributed by atoms with Gasteiger partial charge in [0.1, 0.15) is 6.61 Å². The van der Waals surface area contributed by atoms with Gasteiger partial charge in [0.15, 0.2) is 6.10 Å². The van der Waals surface area contributed by atoms with E-state index in [4.69, 9.17) is 14.2 Å². The number of carbonyl (C=O) groups excluding carboxylic acids is 2. The largest absolute Gasteiger partial charge is 0.462 e. The minimum Gasteiger partial charge on any atom is -0.462 e. The zero-order valence-corrected chi connectivity index (χ0v) is 42.0. The molecule has 0 saturated carbocycles. The minimum absolute atomic E-state index is 0.0375. The van der Waals surface area contributed by atoms with Gasteiger partial charge in [0.25, 0.3) is 0 Å². The van der Waals surface area contributed by atoms with E-state index in [1.165, 1.54) is 116 Å². The summed E-state index contributed by atoms with van der Waals surface area (Å²) in [5.41, 5.74) is 0. The maximum Gasteiger partial charge on any atom is 0.306 e. The van der Waals surface area contributed by atoms with Gasteiger partial charge in [-0.05, 0) is 96.3 Å². The number of unbranched alkanes of at least 4 members (excludes halogenated alkanes) is 21. The fraction of sp³-hybridized carbons (Fsp3) is 0.695. The molecule has 1 atom stereocenters. The molecule has 0 amide bonds. The second-order valence-electron chi connectivity index (χ2n) is 17.4. The minimum atomic E-state index is -0.583. The Hall–Kier alpha value is -3.18. The summed E-state index contributed by atoms with van der Waals surface area (Å²) in [5.74, 6) is -0.509. The molecule has 5 nitrogen and oxygen atoms in total. The van der Waals surface area contributed by atoms with Gasteiger partial charge in [0.2, 0.25) is 0 Å². The van der Waals surface area contributed by atoms with E-state index in [0.29, 0.717) is 19.4 Å². The average Bonchev–Trinajstić information content (AvgIpc) is 3.30. The third-order valence-corrected chi connectivity index (χ3v) is 11.1. The number of rotatable bonds is 48. The van der Waals surface area contributed by atoms with Crippen LogP contribution in [0, 0.1) is 0 Å². The van der Waals surface area contributed by atoms with Crippen LogP contribution in [0.25, 0.3) is 0 Å². The van der Waals surface area contributed by atoms with Crippen molar-refractivity contribution in [2.45, 2.75) is 245 Å². The molecule has 0 aromatic rings. The molecule has 64 heavy (non-hydrogen) atoms. The van der Waals surface area contributed by atoms with Crippen LogP contribution in [0.3, 0.4) is 0 Å². The van der Waals surface area contributed by atoms with Crippen molar-refractivity contribution in [3.63, 3.8) is 0 Å². The standard InChI is InChI=1S/C59H100O5/c1-4-7-10-13-16-19-22-25-28-30-32-34-37-40-43-46-49-52-58(60)63-56-57(55-62-54-51-48-45-42-39-36-33-29-26-23-20-17-14-11-8-5-2)64-59(61)53-50-47-44-41-38-35-31-27-24-21-18-15-12-9-6-3/h9,12,16,18-19,21,25,27-28,31-32,34,38,40-41,43,57H,4-8,10-11,13-15,17,20,22-24,26,29-30,33,35-37,39,42,44-56H2,1-3H3/b12-9-,19-16-,21-18-,28-25-,31-27-,34-32-,41-38-,43-40-/t57-/m1/s1. The van der Waals surface area contributed by atoms with Gasteiger partial charge >= 0.3 is 11.9 Å². The summed E-state index contributed by atoms with van der Waals surface area (Å²) in [7, 11) is 0. The quantitative estimate of drug-likeness (QED) is 0.0346. The Morgan fingerprint density at radius 2 is 0.719 bits per heavy atom. The number of hydrogen-bond acceptors (Lipinski definition) is 5. The molecular formula is C59H100O5. The summed E-state index contributed by atoms with van der Waals surface area (Å²) >= 11 is 0. The first-order valence-corrected chi connectivity index (χ1v) is 26.8. The number of carbonyl (C=O) groups is 2. The van der Waals surface area contributed by atoms with Crippen LogP contribution in [-0.2, 0) is 23.8 Å². The first kappa shape index (κ1) is 60.8. The fourth-order valence-corrected chi connectivity index (χ4v) is 7.14. The van der Waals surface area contributed by atoms with Gasteiger partial charge in [-0.1, -0.05) is 227 Å². The van der Waals surface area contributed by atoms with Crippen molar-refractivity contribution >= 4 is 11.9 Å². The number of hydrogen-bond donors (Lipinski definition) is 0. The van der Waals surface area contributed by atoms with Crippen LogP contribution in [0.15, 0.2) is 97.2 Å². The van der Waals surface area contributed by atoms with E-state index in [-0.39, 0.29) is 25.2 Å².